The maximum atomic E-state index is 13.0. The van der Waals surface area contributed by atoms with Crippen LogP contribution in [0.5, 0.6) is 0 Å². The van der Waals surface area contributed by atoms with Crippen molar-refractivity contribution < 1.29 is 23.9 Å². The number of carbonyl (C=O) groups excluding carboxylic acids is 2. The number of halogens is 1. The van der Waals surface area contributed by atoms with E-state index in [-0.39, 0.29) is 54.4 Å². The molecule has 0 aliphatic rings. The first-order valence-corrected chi connectivity index (χ1v) is 12.1. The van der Waals surface area contributed by atoms with Gasteiger partial charge in [0.25, 0.3) is 11.5 Å². The van der Waals surface area contributed by atoms with Gasteiger partial charge in [-0.2, -0.15) is 4.98 Å². The van der Waals surface area contributed by atoms with E-state index >= 15 is 0 Å². The predicted octanol–water partition coefficient (Wildman–Crippen LogP) is 1.33. The molecule has 2 aromatic heterocycles. The van der Waals surface area contributed by atoms with Crippen LogP contribution in [-0.4, -0.2) is 48.9 Å². The molecule has 4 rings (SSSR count). The van der Waals surface area contributed by atoms with Crippen LogP contribution in [0.15, 0.2) is 59.5 Å². The second-order valence-electron chi connectivity index (χ2n) is 8.72. The highest BCUT2D eigenvalue weighted by atomic mass is 18.2. The number of amides is 2. The van der Waals surface area contributed by atoms with Crippen molar-refractivity contribution in [3.8, 4) is 0 Å². The lowest BCUT2D eigenvalue weighted by atomic mass is 10.1. The number of nitrogens with two attached hydrogens (primary N) is 1. The number of H-pyrrole nitrogens is 1. The highest BCUT2D eigenvalue weighted by Gasteiger charge is 2.22. The van der Waals surface area contributed by atoms with Crippen molar-refractivity contribution in [2.24, 2.45) is 0 Å². The van der Waals surface area contributed by atoms with Gasteiger partial charge < -0.3 is 26.8 Å². The lowest BCUT2D eigenvalue weighted by Gasteiger charge is -2.15. The summed E-state index contributed by atoms with van der Waals surface area (Å²) in [5, 5.41) is 17.7. The molecule has 13 nitrogen and oxygen atoms in total. The largest absolute Gasteiger partial charge is 0.480 e. The number of nitrogens with one attached hydrogen (secondary N) is 4. The molecule has 0 fully saturated rings. The van der Waals surface area contributed by atoms with E-state index in [4.69, 9.17) is 5.73 Å². The Morgan fingerprint density at radius 3 is 2.45 bits per heavy atom. The van der Waals surface area contributed by atoms with Gasteiger partial charge in [0.1, 0.15) is 11.9 Å². The fraction of sp³-hybridized carbons (Fsp3) is 0.192. The molecule has 206 valence electrons. The van der Waals surface area contributed by atoms with Gasteiger partial charge in [-0.05, 0) is 48.4 Å². The molecule has 2 amide bonds. The molecule has 0 saturated carbocycles. The molecule has 0 radical (unpaired) electrons. The van der Waals surface area contributed by atoms with Crippen LogP contribution in [0.3, 0.4) is 0 Å². The summed E-state index contributed by atoms with van der Waals surface area (Å²) < 4.78 is 13.0. The normalized spacial score (nSPS) is 11.5. The van der Waals surface area contributed by atoms with Crippen LogP contribution < -0.4 is 27.2 Å². The molecule has 0 spiro atoms. The van der Waals surface area contributed by atoms with Crippen LogP contribution in [0.2, 0.25) is 0 Å². The molecule has 2 heterocycles. The highest BCUT2D eigenvalue weighted by molar-refractivity contribution is 5.97. The Morgan fingerprint density at radius 2 is 1.75 bits per heavy atom. The van der Waals surface area contributed by atoms with Gasteiger partial charge in [0, 0.05) is 24.2 Å². The number of rotatable bonds is 11. The van der Waals surface area contributed by atoms with Crippen molar-refractivity contribution in [3.63, 3.8) is 0 Å². The lowest BCUT2D eigenvalue weighted by molar-refractivity contribution is -0.139. The Bertz CT molecular complexity index is 1590. The molecule has 0 aliphatic carbocycles. The van der Waals surface area contributed by atoms with Crippen molar-refractivity contribution in [3.05, 3.63) is 87.7 Å². The molecule has 0 unspecified atom stereocenters. The number of hydrogen-bond donors (Lipinski definition) is 6. The molecular weight excluding hydrogens is 522 g/mol. The Labute approximate surface area is 226 Å². The maximum Gasteiger partial charge on any atom is 0.326 e. The predicted molar refractivity (Wildman–Crippen MR) is 143 cm³/mol. The Hall–Kier alpha value is -5.40. The van der Waals surface area contributed by atoms with Crippen molar-refractivity contribution in [1.82, 2.24) is 30.6 Å². The Morgan fingerprint density at radius 1 is 1.02 bits per heavy atom. The first-order chi connectivity index (χ1) is 19.2. The summed E-state index contributed by atoms with van der Waals surface area (Å²) in [6.45, 7) is 0.393. The number of carbonyl (C=O) groups is 3. The molecule has 7 N–H and O–H groups in total. The fourth-order valence-corrected chi connectivity index (χ4v) is 3.65. The van der Waals surface area contributed by atoms with Gasteiger partial charge in [-0.3, -0.25) is 19.4 Å². The number of aromatic nitrogens is 4. The standard InChI is InChI=1S/C26H25FN8O5/c27-16-5-1-14(2-6-16)11-30-20(36)10-9-19(25(39)40)33-23(37)15-3-7-17(8-4-15)29-12-18-13-31-22-21(32-18)24(38)35-26(28)34-22/h1-8,13,19,29H,9-12H2,(H,30,36)(H,33,37)(H,39,40)(H3,28,31,34,35,38)/t19-/m0/s1/i27-1. The van der Waals surface area contributed by atoms with Crippen LogP contribution in [-0.2, 0) is 22.7 Å². The van der Waals surface area contributed by atoms with E-state index in [0.29, 0.717) is 16.9 Å². The fourth-order valence-electron chi connectivity index (χ4n) is 3.65. The van der Waals surface area contributed by atoms with Crippen molar-refractivity contribution in [2.45, 2.75) is 32.0 Å². The van der Waals surface area contributed by atoms with E-state index in [1.165, 1.54) is 42.6 Å². The summed E-state index contributed by atoms with van der Waals surface area (Å²) in [6, 6.07) is 10.6. The van der Waals surface area contributed by atoms with E-state index in [1.54, 1.807) is 12.1 Å². The molecule has 1 atom stereocenters. The molecule has 0 bridgehead atoms. The van der Waals surface area contributed by atoms with E-state index in [2.05, 4.69) is 35.9 Å². The van der Waals surface area contributed by atoms with Gasteiger partial charge in [0.05, 0.1) is 18.4 Å². The number of hydrogen-bond acceptors (Lipinski definition) is 9. The molecule has 0 aliphatic heterocycles. The third-order valence-electron chi connectivity index (χ3n) is 5.77. The molecule has 14 heteroatoms. The summed E-state index contributed by atoms with van der Waals surface area (Å²) in [5.74, 6) is -2.73. The molecule has 4 aromatic rings. The topological polar surface area (TPSA) is 205 Å². The van der Waals surface area contributed by atoms with Crippen LogP contribution in [0.4, 0.5) is 16.0 Å². The third-order valence-corrected chi connectivity index (χ3v) is 5.77. The van der Waals surface area contributed by atoms with E-state index in [1.807, 2.05) is 0 Å². The number of benzene rings is 2. The second kappa shape index (κ2) is 12.4. The molecule has 40 heavy (non-hydrogen) atoms. The number of carboxylic acid groups (broad SMARTS) is 1. The number of nitrogen functional groups attached to an aromatic ring is 1. The first kappa shape index (κ1) is 27.6. The number of nitrogens with zero attached hydrogens (tertiary/aromatic N) is 3. The summed E-state index contributed by atoms with van der Waals surface area (Å²) in [4.78, 5) is 63.0. The van der Waals surface area contributed by atoms with E-state index < -0.39 is 29.4 Å². The van der Waals surface area contributed by atoms with Crippen LogP contribution in [0.1, 0.15) is 34.5 Å². The molecule has 2 aromatic carbocycles. The number of aromatic amines is 1. The highest BCUT2D eigenvalue weighted by Crippen LogP contribution is 2.12. The van der Waals surface area contributed by atoms with Crippen LogP contribution in [0.25, 0.3) is 11.2 Å². The van der Waals surface area contributed by atoms with Gasteiger partial charge in [-0.15, -0.1) is 0 Å². The van der Waals surface area contributed by atoms with Gasteiger partial charge in [-0.1, -0.05) is 12.1 Å². The van der Waals surface area contributed by atoms with Crippen LogP contribution in [0, 0.1) is 5.82 Å². The zero-order valence-corrected chi connectivity index (χ0v) is 21.0. The smallest absolute Gasteiger partial charge is 0.326 e. The summed E-state index contributed by atoms with van der Waals surface area (Å²) in [6.07, 6.45) is 1.21. The zero-order chi connectivity index (χ0) is 28.6. The first-order valence-electron chi connectivity index (χ1n) is 12.1. The maximum absolute atomic E-state index is 13.0. The van der Waals surface area contributed by atoms with E-state index in [9.17, 15) is 28.7 Å². The Kier molecular flexibility index (Phi) is 8.59. The van der Waals surface area contributed by atoms with Gasteiger partial charge in [-0.25, -0.2) is 19.2 Å². The van der Waals surface area contributed by atoms with Crippen molar-refractivity contribution in [1.29, 1.82) is 0 Å². The van der Waals surface area contributed by atoms with Gasteiger partial charge >= 0.3 is 5.97 Å². The van der Waals surface area contributed by atoms with Crippen molar-refractivity contribution in [2.75, 3.05) is 11.1 Å². The number of anilines is 2. The van der Waals surface area contributed by atoms with Crippen LogP contribution >= 0.6 is 0 Å². The number of aliphatic carboxylic acids is 1. The zero-order valence-electron chi connectivity index (χ0n) is 21.0. The monoisotopic (exact) mass is 547 g/mol. The Balaban J connectivity index is 1.27. The summed E-state index contributed by atoms with van der Waals surface area (Å²) >= 11 is 0. The van der Waals surface area contributed by atoms with E-state index in [0.717, 1.165) is 0 Å². The van der Waals surface area contributed by atoms with Gasteiger partial charge in [0.15, 0.2) is 11.2 Å². The molecular formula is C26H25FN8O5. The average molecular weight is 548 g/mol. The van der Waals surface area contributed by atoms with Gasteiger partial charge in [0.2, 0.25) is 11.9 Å². The SMILES string of the molecule is Nc1nc2ncc(CNc3ccc(C(=O)N[C@@H](CCC(=O)NCc4ccc([18F])cc4)C(=O)O)cc3)nc2c(=O)[nH]1. The number of carboxylic acids is 1. The third kappa shape index (κ3) is 7.34. The number of fused-ring (bicyclic) bond motifs is 1. The second-order valence-corrected chi connectivity index (χ2v) is 8.72. The lowest BCUT2D eigenvalue weighted by Crippen LogP contribution is -2.41. The quantitative estimate of drug-likeness (QED) is 0.159. The average Bonchev–Trinajstić information content (AvgIpc) is 2.94. The minimum absolute atomic E-state index is 0.0545. The summed E-state index contributed by atoms with van der Waals surface area (Å²) in [7, 11) is 0. The van der Waals surface area contributed by atoms with Crippen molar-refractivity contribution >= 4 is 40.6 Å². The summed E-state index contributed by atoms with van der Waals surface area (Å²) in [5.41, 5.74) is 7.20. The minimum atomic E-state index is -1.28. The molecule has 0 saturated heterocycles. The minimum Gasteiger partial charge on any atom is -0.480 e.